The third-order valence-corrected chi connectivity index (χ3v) is 3.05. The van der Waals surface area contributed by atoms with Crippen LogP contribution in [-0.4, -0.2) is 28.2 Å². The van der Waals surface area contributed by atoms with Crippen molar-refractivity contribution in [3.63, 3.8) is 0 Å². The Hall–Kier alpha value is -1.20. The summed E-state index contributed by atoms with van der Waals surface area (Å²) in [4.78, 5) is 11.5. The Bertz CT molecular complexity index is 381. The monoisotopic (exact) mass is 255 g/mol. The van der Waals surface area contributed by atoms with Crippen molar-refractivity contribution in [2.45, 2.75) is 19.1 Å². The molecule has 1 unspecified atom stereocenters. The van der Waals surface area contributed by atoms with E-state index in [2.05, 4.69) is 0 Å². The van der Waals surface area contributed by atoms with E-state index in [1.54, 1.807) is 6.26 Å². The lowest BCUT2D eigenvalue weighted by Crippen LogP contribution is -2.33. The fraction of sp³-hybridized carbons (Fsp3) is 0.417. The van der Waals surface area contributed by atoms with Crippen molar-refractivity contribution < 1.29 is 13.7 Å². The summed E-state index contributed by atoms with van der Waals surface area (Å²) in [6.45, 7) is 0.225. The number of rotatable bonds is 6. The highest BCUT2D eigenvalue weighted by Crippen LogP contribution is 2.02. The summed E-state index contributed by atoms with van der Waals surface area (Å²) in [5, 5.41) is 0. The Balaban J connectivity index is 2.32. The first kappa shape index (κ1) is 13.9. The lowest BCUT2D eigenvalue weighted by atomic mass is 10.2. The normalized spacial score (nSPS) is 14.0. The number of benzene rings is 1. The first-order valence-electron chi connectivity index (χ1n) is 5.36. The molecule has 0 saturated heterocycles. The van der Waals surface area contributed by atoms with E-state index in [9.17, 15) is 9.00 Å². The maximum absolute atomic E-state index is 11.5. The highest BCUT2D eigenvalue weighted by Gasteiger charge is 2.15. The van der Waals surface area contributed by atoms with Gasteiger partial charge < -0.3 is 10.5 Å². The largest absolute Gasteiger partial charge is 0.460 e. The number of carbonyl (C=O) groups is 1. The standard InChI is InChI=1S/C12H17NO3S/c1-17(15)8-7-11(13)12(14)16-9-10-5-3-2-4-6-10/h2-6,11H,7-9,13H2,1H3/t11-,17?/m0/s1. The van der Waals surface area contributed by atoms with Gasteiger partial charge in [0.2, 0.25) is 0 Å². The van der Waals surface area contributed by atoms with Crippen LogP contribution in [0.4, 0.5) is 0 Å². The second kappa shape index (κ2) is 7.19. The number of nitrogens with two attached hydrogens (primary N) is 1. The fourth-order valence-corrected chi connectivity index (χ4v) is 1.83. The fourth-order valence-electron chi connectivity index (χ4n) is 1.25. The first-order valence-corrected chi connectivity index (χ1v) is 7.08. The zero-order valence-corrected chi connectivity index (χ0v) is 10.6. The van der Waals surface area contributed by atoms with Gasteiger partial charge in [0.1, 0.15) is 12.6 Å². The van der Waals surface area contributed by atoms with Crippen molar-refractivity contribution in [1.29, 1.82) is 0 Å². The SMILES string of the molecule is CS(=O)CC[C@H](N)C(=O)OCc1ccccc1. The minimum Gasteiger partial charge on any atom is -0.460 e. The van der Waals surface area contributed by atoms with Gasteiger partial charge >= 0.3 is 5.97 Å². The van der Waals surface area contributed by atoms with Gasteiger partial charge in [-0.25, -0.2) is 0 Å². The number of carbonyl (C=O) groups excluding carboxylic acids is 1. The van der Waals surface area contributed by atoms with Crippen molar-refractivity contribution in [3.8, 4) is 0 Å². The van der Waals surface area contributed by atoms with Crippen LogP contribution in [0.15, 0.2) is 30.3 Å². The van der Waals surface area contributed by atoms with Gasteiger partial charge in [-0.15, -0.1) is 0 Å². The predicted octanol–water partition coefficient (Wildman–Crippen LogP) is 0.826. The molecule has 0 fully saturated rings. The maximum atomic E-state index is 11.5. The van der Waals surface area contributed by atoms with Crippen molar-refractivity contribution >= 4 is 16.8 Å². The minimum atomic E-state index is -0.930. The molecule has 0 aliphatic heterocycles. The van der Waals surface area contributed by atoms with Gasteiger partial charge in [0.25, 0.3) is 0 Å². The van der Waals surface area contributed by atoms with Gasteiger partial charge in [-0.05, 0) is 12.0 Å². The molecule has 1 aromatic carbocycles. The Morgan fingerprint density at radius 2 is 2.06 bits per heavy atom. The van der Waals surface area contributed by atoms with Gasteiger partial charge in [0.15, 0.2) is 0 Å². The van der Waals surface area contributed by atoms with Crippen molar-refractivity contribution in [3.05, 3.63) is 35.9 Å². The van der Waals surface area contributed by atoms with E-state index in [4.69, 9.17) is 10.5 Å². The molecule has 0 aliphatic carbocycles. The van der Waals surface area contributed by atoms with Crippen LogP contribution in [-0.2, 0) is 26.9 Å². The van der Waals surface area contributed by atoms with Crippen LogP contribution in [0.5, 0.6) is 0 Å². The zero-order valence-electron chi connectivity index (χ0n) is 9.80. The third-order valence-electron chi connectivity index (χ3n) is 2.24. The number of ether oxygens (including phenoxy) is 1. The molecule has 17 heavy (non-hydrogen) atoms. The first-order chi connectivity index (χ1) is 8.09. The summed E-state index contributed by atoms with van der Waals surface area (Å²) >= 11 is 0. The number of hydrogen-bond acceptors (Lipinski definition) is 4. The molecule has 1 aromatic rings. The Kier molecular flexibility index (Phi) is 5.86. The average molecular weight is 255 g/mol. The van der Waals surface area contributed by atoms with Crippen LogP contribution in [0.2, 0.25) is 0 Å². The Morgan fingerprint density at radius 1 is 1.41 bits per heavy atom. The maximum Gasteiger partial charge on any atom is 0.323 e. The summed E-state index contributed by atoms with van der Waals surface area (Å²) in [6.07, 6.45) is 1.97. The summed E-state index contributed by atoms with van der Waals surface area (Å²) in [5.74, 6) is -0.0268. The van der Waals surface area contributed by atoms with Gasteiger partial charge in [0.05, 0.1) is 0 Å². The number of esters is 1. The molecule has 2 N–H and O–H groups in total. The van der Waals surface area contributed by atoms with Crippen molar-refractivity contribution in [1.82, 2.24) is 0 Å². The molecule has 0 spiro atoms. The molecule has 1 rings (SSSR count). The summed E-state index contributed by atoms with van der Waals surface area (Å²) in [7, 11) is -0.930. The summed E-state index contributed by atoms with van der Waals surface area (Å²) in [6, 6.07) is 8.71. The second-order valence-electron chi connectivity index (χ2n) is 3.77. The van der Waals surface area contributed by atoms with Gasteiger partial charge in [-0.3, -0.25) is 9.00 Å². The average Bonchev–Trinajstić information content (AvgIpc) is 2.34. The number of hydrogen-bond donors (Lipinski definition) is 1. The van der Waals surface area contributed by atoms with E-state index in [1.807, 2.05) is 30.3 Å². The molecule has 5 heteroatoms. The van der Waals surface area contributed by atoms with E-state index < -0.39 is 22.8 Å². The predicted molar refractivity (Wildman–Crippen MR) is 67.8 cm³/mol. The molecule has 0 bridgehead atoms. The van der Waals surface area contributed by atoms with Crippen LogP contribution in [0.1, 0.15) is 12.0 Å². The van der Waals surface area contributed by atoms with E-state index >= 15 is 0 Å². The molecule has 0 radical (unpaired) electrons. The van der Waals surface area contributed by atoms with Crippen molar-refractivity contribution in [2.24, 2.45) is 5.73 Å². The summed E-state index contributed by atoms with van der Waals surface area (Å²) < 4.78 is 15.9. The van der Waals surface area contributed by atoms with Gasteiger partial charge in [-0.1, -0.05) is 30.3 Å². The lowest BCUT2D eigenvalue weighted by Gasteiger charge is -2.10. The lowest BCUT2D eigenvalue weighted by molar-refractivity contribution is -0.146. The molecular formula is C12H17NO3S. The molecule has 0 aliphatic rings. The minimum absolute atomic E-state index is 0.225. The zero-order chi connectivity index (χ0) is 12.7. The van der Waals surface area contributed by atoms with Crippen LogP contribution in [0.25, 0.3) is 0 Å². The van der Waals surface area contributed by atoms with E-state index in [0.717, 1.165) is 5.56 Å². The Morgan fingerprint density at radius 3 is 2.65 bits per heavy atom. The molecule has 0 saturated carbocycles. The smallest absolute Gasteiger partial charge is 0.323 e. The summed E-state index contributed by atoms with van der Waals surface area (Å²) in [5.41, 5.74) is 6.54. The molecule has 94 valence electrons. The second-order valence-corrected chi connectivity index (χ2v) is 5.32. The highest BCUT2D eigenvalue weighted by atomic mass is 32.2. The third kappa shape index (κ3) is 5.60. The molecule has 4 nitrogen and oxygen atoms in total. The molecule has 0 amide bonds. The van der Waals surface area contributed by atoms with Gasteiger partial charge in [0, 0.05) is 22.8 Å². The quantitative estimate of drug-likeness (QED) is 0.764. The van der Waals surface area contributed by atoms with Crippen molar-refractivity contribution in [2.75, 3.05) is 12.0 Å². The highest BCUT2D eigenvalue weighted by molar-refractivity contribution is 7.84. The molecule has 0 aromatic heterocycles. The van der Waals surface area contributed by atoms with E-state index in [-0.39, 0.29) is 6.61 Å². The topological polar surface area (TPSA) is 69.4 Å². The van der Waals surface area contributed by atoms with Crippen LogP contribution >= 0.6 is 0 Å². The molecule has 0 heterocycles. The van der Waals surface area contributed by atoms with E-state index in [1.165, 1.54) is 0 Å². The molecular weight excluding hydrogens is 238 g/mol. The van der Waals surface area contributed by atoms with Crippen LogP contribution in [0.3, 0.4) is 0 Å². The molecule has 2 atom stereocenters. The Labute approximate surface area is 104 Å². The van der Waals surface area contributed by atoms with Crippen LogP contribution in [0, 0.1) is 0 Å². The van der Waals surface area contributed by atoms with E-state index in [0.29, 0.717) is 12.2 Å². The van der Waals surface area contributed by atoms with Crippen LogP contribution < -0.4 is 5.73 Å². The van der Waals surface area contributed by atoms with Gasteiger partial charge in [-0.2, -0.15) is 0 Å².